The zero-order valence-electron chi connectivity index (χ0n) is 21.3. The lowest BCUT2D eigenvalue weighted by Gasteiger charge is -2.31. The van der Waals surface area contributed by atoms with E-state index >= 15 is 0 Å². The van der Waals surface area contributed by atoms with E-state index in [4.69, 9.17) is 4.74 Å². The van der Waals surface area contributed by atoms with Crippen LogP contribution in [-0.4, -0.2) is 59.0 Å². The zero-order valence-corrected chi connectivity index (χ0v) is 21.3. The van der Waals surface area contributed by atoms with Crippen molar-refractivity contribution in [3.8, 4) is 16.9 Å². The van der Waals surface area contributed by atoms with Crippen molar-refractivity contribution >= 4 is 5.91 Å². The van der Waals surface area contributed by atoms with Crippen LogP contribution < -0.4 is 4.74 Å². The molecule has 1 aliphatic heterocycles. The lowest BCUT2D eigenvalue weighted by molar-refractivity contribution is 0.0724. The summed E-state index contributed by atoms with van der Waals surface area (Å²) < 4.78 is 33.1. The lowest BCUT2D eigenvalue weighted by atomic mass is 9.87. The summed E-state index contributed by atoms with van der Waals surface area (Å²) in [6.45, 7) is 8.56. The van der Waals surface area contributed by atoms with E-state index in [2.05, 4.69) is 34.9 Å². The predicted octanol–water partition coefficient (Wildman–Crippen LogP) is 4.82. The molecule has 0 radical (unpaired) electrons. The number of likely N-dealkylation sites (N-methyl/N-ethyl adjacent to an activating group) is 1. The summed E-state index contributed by atoms with van der Waals surface area (Å²) in [7, 11) is 2.06. The van der Waals surface area contributed by atoms with E-state index < -0.39 is 11.8 Å². The summed E-state index contributed by atoms with van der Waals surface area (Å²) in [6, 6.07) is 8.75. The fourth-order valence-corrected chi connectivity index (χ4v) is 4.55. The van der Waals surface area contributed by atoms with Crippen molar-refractivity contribution in [3.63, 3.8) is 0 Å². The van der Waals surface area contributed by atoms with Gasteiger partial charge in [-0.3, -0.25) is 9.78 Å². The molecule has 0 spiro atoms. The first-order chi connectivity index (χ1) is 17.3. The highest BCUT2D eigenvalue weighted by atomic mass is 19.1. The third-order valence-electron chi connectivity index (χ3n) is 6.65. The number of carbonyl (C=O) groups is 1. The van der Waals surface area contributed by atoms with E-state index in [0.717, 1.165) is 48.0 Å². The molecule has 2 aromatic heterocycles. The highest BCUT2D eigenvalue weighted by Gasteiger charge is 2.28. The first kappa shape index (κ1) is 25.7. The number of aromatic nitrogens is 2. The Morgan fingerprint density at radius 3 is 2.61 bits per heavy atom. The Labute approximate surface area is 210 Å². The van der Waals surface area contributed by atoms with Crippen LogP contribution in [0.15, 0.2) is 36.5 Å². The number of hydrogen-bond acceptors (Lipinski definition) is 5. The van der Waals surface area contributed by atoms with Crippen molar-refractivity contribution in [3.05, 3.63) is 76.4 Å². The van der Waals surface area contributed by atoms with Crippen molar-refractivity contribution in [2.75, 3.05) is 33.3 Å². The van der Waals surface area contributed by atoms with Crippen LogP contribution in [0.4, 0.5) is 8.78 Å². The molecular weight excluding hydrogens is 462 g/mol. The van der Waals surface area contributed by atoms with Gasteiger partial charge in [0.05, 0.1) is 25.0 Å². The van der Waals surface area contributed by atoms with Crippen LogP contribution >= 0.6 is 0 Å². The molecule has 0 aliphatic carbocycles. The minimum absolute atomic E-state index is 0.0972. The Balaban J connectivity index is 1.70. The molecule has 8 heteroatoms. The molecule has 36 heavy (non-hydrogen) atoms. The smallest absolute Gasteiger partial charge is 0.254 e. The molecule has 1 amide bonds. The number of nitrogens with zero attached hydrogens (tertiary/aromatic N) is 4. The van der Waals surface area contributed by atoms with Gasteiger partial charge in [0.1, 0.15) is 0 Å². The molecular formula is C28H32F2N4O2. The highest BCUT2D eigenvalue weighted by Crippen LogP contribution is 2.34. The molecule has 0 fully saturated rings. The molecule has 3 heterocycles. The molecule has 1 aromatic carbocycles. The van der Waals surface area contributed by atoms with E-state index in [1.165, 1.54) is 6.07 Å². The van der Waals surface area contributed by atoms with Gasteiger partial charge in [-0.05, 0) is 75.2 Å². The van der Waals surface area contributed by atoms with E-state index in [9.17, 15) is 13.6 Å². The standard InChI is InChI=1S/C28H32F2N4O2/c1-5-33(4)11-9-19-13-23(21-7-8-27(30)32-18(21)3)22-10-12-34(28(35)24(22)14-19)17-20-15-26(36-6-2)25(29)16-31-20/h7-8,13-16H,5-6,9-12,17H2,1-4H3. The topological polar surface area (TPSA) is 58.6 Å². The molecule has 6 nitrogen and oxygen atoms in total. The first-order valence-electron chi connectivity index (χ1n) is 12.3. The number of carbonyl (C=O) groups excluding carboxylic acids is 1. The largest absolute Gasteiger partial charge is 0.491 e. The van der Waals surface area contributed by atoms with Gasteiger partial charge in [-0.1, -0.05) is 13.0 Å². The van der Waals surface area contributed by atoms with Crippen molar-refractivity contribution in [2.24, 2.45) is 0 Å². The summed E-state index contributed by atoms with van der Waals surface area (Å²) in [4.78, 5) is 25.8. The number of amides is 1. The molecule has 0 atom stereocenters. The Hall–Kier alpha value is -3.39. The molecule has 0 unspecified atom stereocenters. The predicted molar refractivity (Wildman–Crippen MR) is 135 cm³/mol. The maximum Gasteiger partial charge on any atom is 0.254 e. The monoisotopic (exact) mass is 494 g/mol. The number of rotatable bonds is 9. The Bertz CT molecular complexity index is 1260. The first-order valence-corrected chi connectivity index (χ1v) is 12.3. The fraction of sp³-hybridized carbons (Fsp3) is 0.393. The van der Waals surface area contributed by atoms with Gasteiger partial charge in [0.2, 0.25) is 5.95 Å². The second kappa shape index (κ2) is 11.1. The molecule has 0 saturated heterocycles. The van der Waals surface area contributed by atoms with Crippen molar-refractivity contribution < 1.29 is 18.3 Å². The van der Waals surface area contributed by atoms with Crippen LogP contribution in [0.2, 0.25) is 0 Å². The Morgan fingerprint density at radius 1 is 1.11 bits per heavy atom. The normalized spacial score (nSPS) is 13.3. The highest BCUT2D eigenvalue weighted by molar-refractivity contribution is 5.99. The summed E-state index contributed by atoms with van der Waals surface area (Å²) in [5, 5.41) is 0. The van der Waals surface area contributed by atoms with Gasteiger partial charge < -0.3 is 14.5 Å². The van der Waals surface area contributed by atoms with Crippen LogP contribution in [0.25, 0.3) is 11.1 Å². The van der Waals surface area contributed by atoms with Crippen LogP contribution in [0, 0.1) is 18.7 Å². The second-order valence-corrected chi connectivity index (χ2v) is 9.10. The van der Waals surface area contributed by atoms with Crippen molar-refractivity contribution in [1.29, 1.82) is 0 Å². The quantitative estimate of drug-likeness (QED) is 0.399. The van der Waals surface area contributed by atoms with Crippen molar-refractivity contribution in [1.82, 2.24) is 19.8 Å². The number of ether oxygens (including phenoxy) is 1. The minimum atomic E-state index is -0.523. The maximum atomic E-state index is 14.0. The lowest BCUT2D eigenvalue weighted by Crippen LogP contribution is -2.37. The number of hydrogen-bond donors (Lipinski definition) is 0. The molecule has 0 N–H and O–H groups in total. The Kier molecular flexibility index (Phi) is 7.94. The van der Waals surface area contributed by atoms with Gasteiger partial charge >= 0.3 is 0 Å². The average molecular weight is 495 g/mol. The molecule has 4 rings (SSSR count). The van der Waals surface area contributed by atoms with Gasteiger partial charge in [0.25, 0.3) is 5.91 Å². The van der Waals surface area contributed by atoms with Crippen LogP contribution in [-0.2, 0) is 19.4 Å². The second-order valence-electron chi connectivity index (χ2n) is 9.10. The van der Waals surface area contributed by atoms with E-state index in [0.29, 0.717) is 36.5 Å². The third kappa shape index (κ3) is 5.54. The summed E-state index contributed by atoms with van der Waals surface area (Å²) in [5.74, 6) is -1.01. The number of pyridine rings is 2. The van der Waals surface area contributed by atoms with Gasteiger partial charge in [0.15, 0.2) is 11.6 Å². The van der Waals surface area contributed by atoms with Gasteiger partial charge in [-0.25, -0.2) is 9.37 Å². The summed E-state index contributed by atoms with van der Waals surface area (Å²) in [6.07, 6.45) is 2.55. The Morgan fingerprint density at radius 2 is 1.89 bits per heavy atom. The number of halogens is 2. The number of benzene rings is 1. The molecule has 190 valence electrons. The van der Waals surface area contributed by atoms with E-state index in [1.54, 1.807) is 30.9 Å². The van der Waals surface area contributed by atoms with Crippen LogP contribution in [0.5, 0.6) is 5.75 Å². The van der Waals surface area contributed by atoms with E-state index in [-0.39, 0.29) is 18.2 Å². The SMILES string of the molecule is CCOc1cc(CN2CCc3c(cc(CCN(C)CC)cc3-c3ccc(F)nc3C)C2=O)ncc1F. The molecule has 1 aliphatic rings. The van der Waals surface area contributed by atoms with Gasteiger partial charge in [-0.15, -0.1) is 0 Å². The molecule has 0 saturated carbocycles. The van der Waals surface area contributed by atoms with Gasteiger partial charge in [-0.2, -0.15) is 4.39 Å². The average Bonchev–Trinajstić information content (AvgIpc) is 2.86. The van der Waals surface area contributed by atoms with Crippen LogP contribution in [0.3, 0.4) is 0 Å². The van der Waals surface area contributed by atoms with Gasteiger partial charge in [0, 0.05) is 36.0 Å². The fourth-order valence-electron chi connectivity index (χ4n) is 4.55. The number of fused-ring (bicyclic) bond motifs is 1. The summed E-state index contributed by atoms with van der Waals surface area (Å²) in [5.41, 5.74) is 5.55. The van der Waals surface area contributed by atoms with E-state index in [1.807, 2.05) is 6.07 Å². The van der Waals surface area contributed by atoms with Crippen molar-refractivity contribution in [2.45, 2.75) is 40.2 Å². The maximum absolute atomic E-state index is 14.0. The minimum Gasteiger partial charge on any atom is -0.491 e. The molecule has 0 bridgehead atoms. The van der Waals surface area contributed by atoms with Crippen LogP contribution in [0.1, 0.15) is 46.7 Å². The third-order valence-corrected chi connectivity index (χ3v) is 6.65. The number of aryl methyl sites for hydroxylation is 1. The zero-order chi connectivity index (χ0) is 25.8. The molecule has 3 aromatic rings. The summed E-state index contributed by atoms with van der Waals surface area (Å²) >= 11 is 0.